The molecule has 6 heteroatoms. The predicted octanol–water partition coefficient (Wildman–Crippen LogP) is 3.53. The van der Waals surface area contributed by atoms with E-state index in [1.165, 1.54) is 12.8 Å². The van der Waals surface area contributed by atoms with Gasteiger partial charge in [-0.2, -0.15) is 5.10 Å². The Morgan fingerprint density at radius 2 is 1.93 bits per heavy atom. The number of ether oxygens (including phenoxy) is 1. The normalized spacial score (nSPS) is 32.6. The van der Waals surface area contributed by atoms with E-state index in [1.807, 2.05) is 6.92 Å². The number of H-pyrrole nitrogens is 1. The van der Waals surface area contributed by atoms with E-state index in [-0.39, 0.29) is 6.04 Å². The van der Waals surface area contributed by atoms with Crippen LogP contribution >= 0.6 is 0 Å². The first-order chi connectivity index (χ1) is 12.9. The van der Waals surface area contributed by atoms with E-state index in [9.17, 15) is 5.11 Å². The highest BCUT2D eigenvalue weighted by Crippen LogP contribution is 2.44. The van der Waals surface area contributed by atoms with Gasteiger partial charge in [0.05, 0.1) is 24.9 Å². The highest BCUT2D eigenvalue weighted by Gasteiger charge is 2.38. The van der Waals surface area contributed by atoms with Crippen LogP contribution in [0.4, 0.5) is 5.82 Å². The van der Waals surface area contributed by atoms with Crippen LogP contribution in [0.1, 0.15) is 57.7 Å². The van der Waals surface area contributed by atoms with Crippen molar-refractivity contribution in [3.05, 3.63) is 17.3 Å². The highest BCUT2D eigenvalue weighted by molar-refractivity contribution is 5.84. The van der Waals surface area contributed by atoms with Crippen LogP contribution in [0, 0.1) is 18.8 Å². The van der Waals surface area contributed by atoms with Crippen molar-refractivity contribution in [2.24, 2.45) is 11.8 Å². The molecule has 2 aromatic rings. The van der Waals surface area contributed by atoms with Crippen molar-refractivity contribution in [1.82, 2.24) is 15.2 Å². The number of pyridine rings is 1. The fourth-order valence-electron chi connectivity index (χ4n) is 4.97. The third-order valence-corrected chi connectivity index (χ3v) is 6.38. The number of aromatic nitrogens is 3. The number of nitrogens with one attached hydrogen (secondary N) is 1. The van der Waals surface area contributed by atoms with Gasteiger partial charge >= 0.3 is 0 Å². The lowest BCUT2D eigenvalue weighted by Crippen LogP contribution is -2.44. The average molecular weight is 373 g/mol. The lowest BCUT2D eigenvalue weighted by molar-refractivity contribution is 0.00318. The molecule has 1 aliphatic carbocycles. The minimum Gasteiger partial charge on any atom is -0.385 e. The number of fused-ring (bicyclic) bond motifs is 1. The van der Waals surface area contributed by atoms with Crippen LogP contribution in [0.3, 0.4) is 0 Å². The van der Waals surface area contributed by atoms with Gasteiger partial charge in [-0.05, 0) is 44.6 Å². The molecule has 2 aliphatic rings. The number of rotatable bonds is 2. The van der Waals surface area contributed by atoms with E-state index in [0.29, 0.717) is 30.7 Å². The Morgan fingerprint density at radius 1 is 1.22 bits per heavy atom. The average Bonchev–Trinajstić information content (AvgIpc) is 2.93. The van der Waals surface area contributed by atoms with E-state index in [1.54, 1.807) is 0 Å². The minimum absolute atomic E-state index is 0.262. The lowest BCUT2D eigenvalue weighted by atomic mass is 9.80. The number of anilines is 1. The van der Waals surface area contributed by atoms with Gasteiger partial charge in [0, 0.05) is 23.2 Å². The number of hydrogen-bond donors (Lipinski definition) is 2. The standard InChI is InChI=1S/C21H32N4O2/c1-13-5-6-14(2)11-21(26,10-13)17-9-18(25-7-8-27-12-15(25)3)22-20-19(17)16(4)23-24-20/h9,13-15,26H,5-8,10-12H2,1-4H3,(H,22,23,24)/t13-,14+,15-,21?/m1/s1. The Hall–Kier alpha value is -1.66. The zero-order valence-electron chi connectivity index (χ0n) is 17.0. The number of morpholine rings is 1. The smallest absolute Gasteiger partial charge is 0.183 e. The van der Waals surface area contributed by atoms with Crippen molar-refractivity contribution >= 4 is 16.9 Å². The molecule has 0 amide bonds. The second kappa shape index (κ2) is 7.06. The summed E-state index contributed by atoms with van der Waals surface area (Å²) in [4.78, 5) is 7.12. The van der Waals surface area contributed by atoms with Crippen LogP contribution in [0.5, 0.6) is 0 Å². The summed E-state index contributed by atoms with van der Waals surface area (Å²) < 4.78 is 5.60. The van der Waals surface area contributed by atoms with E-state index < -0.39 is 5.60 Å². The maximum Gasteiger partial charge on any atom is 0.183 e. The Morgan fingerprint density at radius 3 is 2.59 bits per heavy atom. The summed E-state index contributed by atoms with van der Waals surface area (Å²) in [5.41, 5.74) is 1.84. The third kappa shape index (κ3) is 3.45. The topological polar surface area (TPSA) is 74.3 Å². The fourth-order valence-corrected chi connectivity index (χ4v) is 4.97. The summed E-state index contributed by atoms with van der Waals surface area (Å²) in [7, 11) is 0. The van der Waals surface area contributed by atoms with Gasteiger partial charge in [-0.25, -0.2) is 4.98 Å². The molecule has 3 heterocycles. The fraction of sp³-hybridized carbons (Fsp3) is 0.714. The molecular weight excluding hydrogens is 340 g/mol. The summed E-state index contributed by atoms with van der Waals surface area (Å²) in [5, 5.41) is 20.4. The third-order valence-electron chi connectivity index (χ3n) is 6.38. The largest absolute Gasteiger partial charge is 0.385 e. The molecule has 4 rings (SSSR count). The van der Waals surface area contributed by atoms with Crippen molar-refractivity contribution in [2.75, 3.05) is 24.7 Å². The second-order valence-electron chi connectivity index (χ2n) is 8.92. The monoisotopic (exact) mass is 372 g/mol. The maximum atomic E-state index is 11.9. The molecule has 1 saturated heterocycles. The van der Waals surface area contributed by atoms with E-state index in [4.69, 9.17) is 9.72 Å². The van der Waals surface area contributed by atoms with Crippen LogP contribution in [0.15, 0.2) is 6.07 Å². The predicted molar refractivity (Wildman–Crippen MR) is 107 cm³/mol. The van der Waals surface area contributed by atoms with E-state index in [2.05, 4.69) is 41.9 Å². The summed E-state index contributed by atoms with van der Waals surface area (Å²) >= 11 is 0. The van der Waals surface area contributed by atoms with Gasteiger partial charge in [-0.15, -0.1) is 0 Å². The van der Waals surface area contributed by atoms with Gasteiger partial charge in [0.25, 0.3) is 0 Å². The number of nitrogens with zero attached hydrogens (tertiary/aromatic N) is 3. The molecular formula is C21H32N4O2. The molecule has 0 spiro atoms. The Labute approximate surface area is 161 Å². The molecule has 0 radical (unpaired) electrons. The zero-order valence-corrected chi connectivity index (χ0v) is 17.0. The van der Waals surface area contributed by atoms with Crippen molar-refractivity contribution < 1.29 is 9.84 Å². The first kappa shape index (κ1) is 18.7. The molecule has 0 bridgehead atoms. The van der Waals surface area contributed by atoms with Crippen LogP contribution in [-0.4, -0.2) is 46.1 Å². The molecule has 0 aromatic carbocycles. The minimum atomic E-state index is -0.838. The Balaban J connectivity index is 1.86. The first-order valence-corrected chi connectivity index (χ1v) is 10.3. The quantitative estimate of drug-likeness (QED) is 0.789. The molecule has 2 fully saturated rings. The van der Waals surface area contributed by atoms with Crippen LogP contribution in [-0.2, 0) is 10.3 Å². The summed E-state index contributed by atoms with van der Waals surface area (Å²) in [6.45, 7) is 10.9. The number of aromatic amines is 1. The van der Waals surface area contributed by atoms with Crippen molar-refractivity contribution in [2.45, 2.75) is 65.0 Å². The molecule has 27 heavy (non-hydrogen) atoms. The molecule has 2 aromatic heterocycles. The second-order valence-corrected chi connectivity index (χ2v) is 8.92. The molecule has 4 atom stereocenters. The van der Waals surface area contributed by atoms with Gasteiger partial charge in [0.2, 0.25) is 0 Å². The first-order valence-electron chi connectivity index (χ1n) is 10.3. The zero-order chi connectivity index (χ0) is 19.2. The van der Waals surface area contributed by atoms with Crippen molar-refractivity contribution in [1.29, 1.82) is 0 Å². The van der Waals surface area contributed by atoms with Crippen molar-refractivity contribution in [3.8, 4) is 0 Å². The Bertz CT molecular complexity index is 806. The lowest BCUT2D eigenvalue weighted by Gasteiger charge is -2.36. The van der Waals surface area contributed by atoms with Gasteiger partial charge in [0.1, 0.15) is 5.82 Å². The van der Waals surface area contributed by atoms with Crippen LogP contribution < -0.4 is 4.90 Å². The summed E-state index contributed by atoms with van der Waals surface area (Å²) in [5.74, 6) is 1.90. The molecule has 2 N–H and O–H groups in total. The number of hydrogen-bond acceptors (Lipinski definition) is 5. The molecule has 1 aliphatic heterocycles. The van der Waals surface area contributed by atoms with Gasteiger partial charge in [-0.1, -0.05) is 26.7 Å². The summed E-state index contributed by atoms with van der Waals surface area (Å²) in [6, 6.07) is 2.38. The van der Waals surface area contributed by atoms with E-state index in [0.717, 1.165) is 41.8 Å². The summed E-state index contributed by atoms with van der Waals surface area (Å²) in [6.07, 6.45) is 3.93. The molecule has 148 valence electrons. The Kier molecular flexibility index (Phi) is 4.89. The SMILES string of the molecule is Cc1[nH]nc2nc(N3CCOC[C@H]3C)cc(C3(O)C[C@H](C)CC[C@H](C)C3)c12. The molecule has 6 nitrogen and oxygen atoms in total. The number of aryl methyl sites for hydroxylation is 1. The van der Waals surface area contributed by atoms with Crippen LogP contribution in [0.2, 0.25) is 0 Å². The maximum absolute atomic E-state index is 11.9. The van der Waals surface area contributed by atoms with Gasteiger partial charge in [0.15, 0.2) is 5.65 Å². The molecule has 1 unspecified atom stereocenters. The number of aliphatic hydroxyl groups is 1. The van der Waals surface area contributed by atoms with Gasteiger partial charge in [-0.3, -0.25) is 5.10 Å². The van der Waals surface area contributed by atoms with Crippen molar-refractivity contribution in [3.63, 3.8) is 0 Å². The van der Waals surface area contributed by atoms with Gasteiger partial charge < -0.3 is 14.7 Å². The highest BCUT2D eigenvalue weighted by atomic mass is 16.5. The van der Waals surface area contributed by atoms with E-state index >= 15 is 0 Å². The molecule has 1 saturated carbocycles. The van der Waals surface area contributed by atoms with Crippen LogP contribution in [0.25, 0.3) is 11.0 Å².